The molecule has 0 unspecified atom stereocenters. The Balaban J connectivity index is 2.93. The molecule has 1 aromatic carbocycles. The van der Waals surface area contributed by atoms with Gasteiger partial charge in [0.1, 0.15) is 6.61 Å². The zero-order valence-electron chi connectivity index (χ0n) is 11.9. The zero-order chi connectivity index (χ0) is 15.3. The van der Waals surface area contributed by atoms with Crippen molar-refractivity contribution in [1.29, 1.82) is 0 Å². The first kappa shape index (κ1) is 15.7. The van der Waals surface area contributed by atoms with Crippen LogP contribution < -0.4 is 4.74 Å². The average molecular weight is 279 g/mol. The first-order valence-electron chi connectivity index (χ1n) is 6.00. The van der Waals surface area contributed by atoms with E-state index < -0.39 is 10.9 Å². The van der Waals surface area contributed by atoms with Gasteiger partial charge in [0.25, 0.3) is 0 Å². The summed E-state index contributed by atoms with van der Waals surface area (Å²) in [5, 5.41) is 11.0. The second-order valence-corrected chi connectivity index (χ2v) is 4.38. The molecule has 6 nitrogen and oxygen atoms in total. The lowest BCUT2D eigenvalue weighted by Crippen LogP contribution is -2.05. The Labute approximate surface area is 117 Å². The first-order chi connectivity index (χ1) is 9.36. The van der Waals surface area contributed by atoms with Gasteiger partial charge in [0.15, 0.2) is 5.75 Å². The molecule has 0 saturated heterocycles. The van der Waals surface area contributed by atoms with E-state index in [1.807, 2.05) is 0 Å². The van der Waals surface area contributed by atoms with Gasteiger partial charge < -0.3 is 9.47 Å². The predicted octanol–water partition coefficient (Wildman–Crippen LogP) is 2.71. The Morgan fingerprint density at radius 3 is 2.60 bits per heavy atom. The maximum Gasteiger partial charge on any atom is 0.333 e. The van der Waals surface area contributed by atoms with Crippen LogP contribution in [0.4, 0.5) is 5.69 Å². The van der Waals surface area contributed by atoms with Gasteiger partial charge in [0.05, 0.1) is 12.0 Å². The number of methoxy groups -OCH3 is 1. The fourth-order valence-electron chi connectivity index (χ4n) is 1.75. The van der Waals surface area contributed by atoms with Crippen molar-refractivity contribution in [2.45, 2.75) is 20.8 Å². The third-order valence-corrected chi connectivity index (χ3v) is 2.72. The van der Waals surface area contributed by atoms with E-state index in [1.165, 1.54) is 19.3 Å². The smallest absolute Gasteiger partial charge is 0.333 e. The number of esters is 1. The molecule has 0 heterocycles. The van der Waals surface area contributed by atoms with Gasteiger partial charge in [-0.25, -0.2) is 4.79 Å². The molecule has 0 aliphatic carbocycles. The second kappa shape index (κ2) is 6.70. The van der Waals surface area contributed by atoms with E-state index in [9.17, 15) is 14.9 Å². The summed E-state index contributed by atoms with van der Waals surface area (Å²) in [4.78, 5) is 21.7. The van der Waals surface area contributed by atoms with Crippen molar-refractivity contribution < 1.29 is 19.2 Å². The number of aryl methyl sites for hydroxylation is 2. The fourth-order valence-corrected chi connectivity index (χ4v) is 1.75. The number of ether oxygens (including phenoxy) is 2. The molecule has 0 saturated carbocycles. The van der Waals surface area contributed by atoms with Crippen molar-refractivity contribution >= 4 is 11.7 Å². The Morgan fingerprint density at radius 2 is 2.05 bits per heavy atom. The molecule has 0 amide bonds. The highest BCUT2D eigenvalue weighted by Crippen LogP contribution is 2.32. The quantitative estimate of drug-likeness (QED) is 0.358. The van der Waals surface area contributed by atoms with E-state index in [0.29, 0.717) is 11.1 Å². The molecule has 0 radical (unpaired) electrons. The van der Waals surface area contributed by atoms with E-state index in [4.69, 9.17) is 4.74 Å². The Kier molecular flexibility index (Phi) is 5.25. The second-order valence-electron chi connectivity index (χ2n) is 4.38. The van der Waals surface area contributed by atoms with E-state index in [-0.39, 0.29) is 18.0 Å². The molecule has 6 heteroatoms. The molecule has 108 valence electrons. The van der Waals surface area contributed by atoms with Gasteiger partial charge in [-0.1, -0.05) is 6.07 Å². The minimum Gasteiger partial charge on any atom is -0.482 e. The van der Waals surface area contributed by atoms with Crippen LogP contribution in [0.3, 0.4) is 0 Å². The largest absolute Gasteiger partial charge is 0.482 e. The number of nitro benzene ring substituents is 1. The van der Waals surface area contributed by atoms with Gasteiger partial charge in [-0.2, -0.15) is 0 Å². The van der Waals surface area contributed by atoms with Crippen molar-refractivity contribution in [2.75, 3.05) is 13.7 Å². The van der Waals surface area contributed by atoms with Gasteiger partial charge in [-0.15, -0.1) is 0 Å². The normalized spacial score (nSPS) is 11.1. The maximum absolute atomic E-state index is 11.2. The van der Waals surface area contributed by atoms with Gasteiger partial charge in [0.2, 0.25) is 0 Å². The summed E-state index contributed by atoms with van der Waals surface area (Å²) < 4.78 is 9.97. The number of benzene rings is 1. The van der Waals surface area contributed by atoms with Crippen molar-refractivity contribution in [3.63, 3.8) is 0 Å². The van der Waals surface area contributed by atoms with E-state index in [1.54, 1.807) is 26.8 Å². The third kappa shape index (κ3) is 3.81. The molecule has 1 rings (SSSR count). The van der Waals surface area contributed by atoms with E-state index in [0.717, 1.165) is 5.56 Å². The van der Waals surface area contributed by atoms with Gasteiger partial charge >= 0.3 is 11.7 Å². The van der Waals surface area contributed by atoms with E-state index in [2.05, 4.69) is 4.74 Å². The van der Waals surface area contributed by atoms with Crippen molar-refractivity contribution in [2.24, 2.45) is 0 Å². The Hall–Kier alpha value is -2.37. The topological polar surface area (TPSA) is 78.7 Å². The fraction of sp³-hybridized carbons (Fsp3) is 0.357. The van der Waals surface area contributed by atoms with Crippen LogP contribution in [-0.2, 0) is 9.53 Å². The lowest BCUT2D eigenvalue weighted by atomic mass is 10.1. The standard InChI is InChI=1S/C14H17NO5/c1-9-7-11(3)13(12(8-9)15(17)18)20-6-5-10(2)14(16)19-4/h5,7-8H,6H2,1-4H3. The lowest BCUT2D eigenvalue weighted by molar-refractivity contribution is -0.385. The summed E-state index contributed by atoms with van der Waals surface area (Å²) in [6.45, 7) is 5.18. The molecule has 0 N–H and O–H groups in total. The predicted molar refractivity (Wildman–Crippen MR) is 73.8 cm³/mol. The van der Waals surface area contributed by atoms with Crippen molar-refractivity contribution in [3.8, 4) is 5.75 Å². The maximum atomic E-state index is 11.2. The average Bonchev–Trinajstić information content (AvgIpc) is 2.39. The summed E-state index contributed by atoms with van der Waals surface area (Å²) >= 11 is 0. The number of nitrogens with zero attached hydrogens (tertiary/aromatic N) is 1. The zero-order valence-corrected chi connectivity index (χ0v) is 11.9. The molecule has 0 fully saturated rings. The summed E-state index contributed by atoms with van der Waals surface area (Å²) in [5.74, 6) is -0.238. The van der Waals surface area contributed by atoms with Gasteiger partial charge in [-0.05, 0) is 38.0 Å². The number of carbonyl (C=O) groups is 1. The SMILES string of the molecule is COC(=O)C(C)=CCOc1c(C)cc(C)cc1[N+](=O)[O-]. The van der Waals surface area contributed by atoms with Crippen LogP contribution in [0.25, 0.3) is 0 Å². The number of rotatable bonds is 5. The summed E-state index contributed by atoms with van der Waals surface area (Å²) in [6.07, 6.45) is 1.52. The molecule has 0 aliphatic heterocycles. The highest BCUT2D eigenvalue weighted by Gasteiger charge is 2.18. The molecule has 0 spiro atoms. The molecule has 0 aromatic heterocycles. The van der Waals surface area contributed by atoms with Crippen molar-refractivity contribution in [3.05, 3.63) is 45.0 Å². The van der Waals surface area contributed by atoms with Crippen LogP contribution in [0.1, 0.15) is 18.1 Å². The molecule has 1 aromatic rings. The van der Waals surface area contributed by atoms with Crippen LogP contribution in [0.15, 0.2) is 23.8 Å². The monoisotopic (exact) mass is 279 g/mol. The molecule has 0 aliphatic rings. The Morgan fingerprint density at radius 1 is 1.40 bits per heavy atom. The van der Waals surface area contributed by atoms with Crippen LogP contribution in [0, 0.1) is 24.0 Å². The number of hydrogen-bond donors (Lipinski definition) is 0. The van der Waals surface area contributed by atoms with Gasteiger partial charge in [-0.3, -0.25) is 10.1 Å². The summed E-state index contributed by atoms with van der Waals surface area (Å²) in [5.41, 5.74) is 1.79. The van der Waals surface area contributed by atoms with Crippen molar-refractivity contribution in [1.82, 2.24) is 0 Å². The first-order valence-corrected chi connectivity index (χ1v) is 6.00. The lowest BCUT2D eigenvalue weighted by Gasteiger charge is -2.09. The molecule has 0 atom stereocenters. The van der Waals surface area contributed by atoms with Gasteiger partial charge in [0, 0.05) is 11.6 Å². The highest BCUT2D eigenvalue weighted by atomic mass is 16.6. The molecule has 0 bridgehead atoms. The number of nitro groups is 1. The molecular formula is C14H17NO5. The molecule has 20 heavy (non-hydrogen) atoms. The third-order valence-electron chi connectivity index (χ3n) is 2.72. The minimum atomic E-state index is -0.480. The molecular weight excluding hydrogens is 262 g/mol. The number of hydrogen-bond acceptors (Lipinski definition) is 5. The minimum absolute atomic E-state index is 0.0612. The van der Waals surface area contributed by atoms with E-state index >= 15 is 0 Å². The summed E-state index contributed by atoms with van der Waals surface area (Å²) in [7, 11) is 1.29. The Bertz CT molecular complexity index is 563. The highest BCUT2D eigenvalue weighted by molar-refractivity contribution is 5.87. The van der Waals surface area contributed by atoms with Crippen LogP contribution >= 0.6 is 0 Å². The number of carbonyl (C=O) groups excluding carboxylic acids is 1. The van der Waals surface area contributed by atoms with Crippen LogP contribution in [0.2, 0.25) is 0 Å². The van der Waals surface area contributed by atoms with Crippen LogP contribution in [-0.4, -0.2) is 24.6 Å². The van der Waals surface area contributed by atoms with Crippen LogP contribution in [0.5, 0.6) is 5.75 Å². The summed E-state index contributed by atoms with van der Waals surface area (Å²) in [6, 6.07) is 3.26.